The predicted molar refractivity (Wildman–Crippen MR) is 81.7 cm³/mol. The molecule has 0 aliphatic carbocycles. The first-order chi connectivity index (χ1) is 8.62. The van der Waals surface area contributed by atoms with Gasteiger partial charge >= 0.3 is 0 Å². The van der Waals surface area contributed by atoms with Gasteiger partial charge in [0, 0.05) is 16.1 Å². The number of nitrogens with one attached hydrogen (secondary N) is 1. The van der Waals surface area contributed by atoms with E-state index in [2.05, 4.69) is 19.2 Å². The van der Waals surface area contributed by atoms with Crippen LogP contribution < -0.4 is 5.32 Å². The summed E-state index contributed by atoms with van der Waals surface area (Å²) in [5.41, 5.74) is 1.06. The van der Waals surface area contributed by atoms with Gasteiger partial charge in [-0.25, -0.2) is 0 Å². The Bertz CT molecular complexity index is 341. The summed E-state index contributed by atoms with van der Waals surface area (Å²) in [6.45, 7) is 4.51. The predicted octanol–water partition coefficient (Wildman–Crippen LogP) is 4.95. The number of halogens is 2. The van der Waals surface area contributed by atoms with Crippen LogP contribution in [0.2, 0.25) is 10.0 Å². The van der Waals surface area contributed by atoms with E-state index in [0.29, 0.717) is 6.04 Å². The Morgan fingerprint density at radius 2 is 1.67 bits per heavy atom. The van der Waals surface area contributed by atoms with Crippen LogP contribution in [0.5, 0.6) is 0 Å². The van der Waals surface area contributed by atoms with Crippen molar-refractivity contribution in [3.8, 4) is 0 Å². The normalized spacial score (nSPS) is 13.0. The average molecular weight is 288 g/mol. The molecule has 1 aromatic carbocycles. The Hall–Kier alpha value is -0.240. The lowest BCUT2D eigenvalue weighted by molar-refractivity contribution is 0.377. The van der Waals surface area contributed by atoms with Gasteiger partial charge in [0.1, 0.15) is 0 Å². The third-order valence-electron chi connectivity index (χ3n) is 3.69. The molecule has 1 nitrogen and oxygen atoms in total. The molecule has 1 aromatic rings. The van der Waals surface area contributed by atoms with Crippen molar-refractivity contribution in [1.29, 1.82) is 0 Å². The molecule has 3 heteroatoms. The van der Waals surface area contributed by atoms with Crippen LogP contribution in [0.25, 0.3) is 0 Å². The maximum atomic E-state index is 6.22. The van der Waals surface area contributed by atoms with Crippen molar-refractivity contribution in [3.63, 3.8) is 0 Å². The minimum atomic E-state index is 0.437. The van der Waals surface area contributed by atoms with E-state index in [9.17, 15) is 0 Å². The van der Waals surface area contributed by atoms with E-state index >= 15 is 0 Å². The van der Waals surface area contributed by atoms with Crippen LogP contribution in [0.15, 0.2) is 18.2 Å². The second kappa shape index (κ2) is 8.04. The van der Waals surface area contributed by atoms with E-state index in [1.54, 1.807) is 0 Å². The molecule has 0 aromatic heterocycles. The number of rotatable bonds is 7. The second-order valence-electron chi connectivity index (χ2n) is 4.81. The molecule has 0 heterocycles. The Morgan fingerprint density at radius 1 is 1.11 bits per heavy atom. The van der Waals surface area contributed by atoms with Crippen molar-refractivity contribution < 1.29 is 0 Å². The minimum Gasteiger partial charge on any atom is -0.317 e. The van der Waals surface area contributed by atoms with Gasteiger partial charge in [0.25, 0.3) is 0 Å². The van der Waals surface area contributed by atoms with Gasteiger partial charge < -0.3 is 5.32 Å². The van der Waals surface area contributed by atoms with Crippen LogP contribution in [0.4, 0.5) is 0 Å². The molecule has 0 radical (unpaired) electrons. The Kier molecular flexibility index (Phi) is 7.06. The zero-order chi connectivity index (χ0) is 13.5. The van der Waals surface area contributed by atoms with Gasteiger partial charge in [-0.3, -0.25) is 0 Å². The zero-order valence-electron chi connectivity index (χ0n) is 11.5. The molecule has 0 saturated carbocycles. The molecule has 102 valence electrons. The molecular formula is C15H23Cl2N. The third kappa shape index (κ3) is 4.46. The van der Waals surface area contributed by atoms with Crippen molar-refractivity contribution in [2.24, 2.45) is 5.92 Å². The standard InChI is InChI=1S/C15H23Cl2N/c1-4-11(5-2)9-12(18-3)10-13-14(16)7-6-8-15(13)17/h6-8,11-12,18H,4-5,9-10H2,1-3H3. The highest BCUT2D eigenvalue weighted by atomic mass is 35.5. The molecule has 0 fully saturated rings. The van der Waals surface area contributed by atoms with E-state index in [4.69, 9.17) is 23.2 Å². The fraction of sp³-hybridized carbons (Fsp3) is 0.600. The molecule has 0 aliphatic heterocycles. The molecule has 0 bridgehead atoms. The summed E-state index contributed by atoms with van der Waals surface area (Å²) in [5.74, 6) is 0.767. The molecule has 1 N–H and O–H groups in total. The molecular weight excluding hydrogens is 265 g/mol. The number of hydrogen-bond donors (Lipinski definition) is 1. The smallest absolute Gasteiger partial charge is 0.0453 e. The van der Waals surface area contributed by atoms with Gasteiger partial charge in [-0.05, 0) is 43.5 Å². The van der Waals surface area contributed by atoms with Crippen molar-refractivity contribution in [3.05, 3.63) is 33.8 Å². The van der Waals surface area contributed by atoms with Crippen molar-refractivity contribution in [2.75, 3.05) is 7.05 Å². The summed E-state index contributed by atoms with van der Waals surface area (Å²) in [6.07, 6.45) is 4.52. The highest BCUT2D eigenvalue weighted by Gasteiger charge is 2.16. The molecule has 1 unspecified atom stereocenters. The first-order valence-corrected chi connectivity index (χ1v) is 7.48. The quantitative estimate of drug-likeness (QED) is 0.748. The SMILES string of the molecule is CCC(CC)CC(Cc1c(Cl)cccc1Cl)NC. The topological polar surface area (TPSA) is 12.0 Å². The van der Waals surface area contributed by atoms with Crippen molar-refractivity contribution >= 4 is 23.2 Å². The summed E-state index contributed by atoms with van der Waals surface area (Å²) >= 11 is 12.4. The van der Waals surface area contributed by atoms with Crippen molar-refractivity contribution in [1.82, 2.24) is 5.32 Å². The van der Waals surface area contributed by atoms with Crippen molar-refractivity contribution in [2.45, 2.75) is 45.6 Å². The number of benzene rings is 1. The maximum Gasteiger partial charge on any atom is 0.0453 e. The van der Waals surface area contributed by atoms with Crippen LogP contribution in [-0.4, -0.2) is 13.1 Å². The molecule has 0 aliphatic rings. The monoisotopic (exact) mass is 287 g/mol. The van der Waals surface area contributed by atoms with Gasteiger partial charge in [-0.2, -0.15) is 0 Å². The molecule has 0 spiro atoms. The minimum absolute atomic E-state index is 0.437. The molecule has 1 atom stereocenters. The van der Waals surface area contributed by atoms with Crippen LogP contribution in [-0.2, 0) is 6.42 Å². The fourth-order valence-corrected chi connectivity index (χ4v) is 2.85. The van der Waals surface area contributed by atoms with Gasteiger partial charge in [0.2, 0.25) is 0 Å². The first-order valence-electron chi connectivity index (χ1n) is 6.72. The molecule has 0 amide bonds. The lowest BCUT2D eigenvalue weighted by Crippen LogP contribution is -2.30. The summed E-state index contributed by atoms with van der Waals surface area (Å²) in [5, 5.41) is 4.93. The average Bonchev–Trinajstić information content (AvgIpc) is 2.38. The fourth-order valence-electron chi connectivity index (χ4n) is 2.30. The summed E-state index contributed by atoms with van der Waals surface area (Å²) in [4.78, 5) is 0. The van der Waals surface area contributed by atoms with E-state index < -0.39 is 0 Å². The van der Waals surface area contributed by atoms with Crippen LogP contribution in [0.3, 0.4) is 0 Å². The second-order valence-corrected chi connectivity index (χ2v) is 5.62. The highest BCUT2D eigenvalue weighted by molar-refractivity contribution is 6.35. The summed E-state index contributed by atoms with van der Waals surface area (Å²) in [6, 6.07) is 6.15. The molecule has 0 saturated heterocycles. The Labute approximate surface area is 121 Å². The Morgan fingerprint density at radius 3 is 2.11 bits per heavy atom. The van der Waals surface area contributed by atoms with Crippen LogP contribution in [0.1, 0.15) is 38.7 Å². The van der Waals surface area contributed by atoms with Gasteiger partial charge in [-0.1, -0.05) is 56.0 Å². The highest BCUT2D eigenvalue weighted by Crippen LogP contribution is 2.27. The Balaban J connectivity index is 2.73. The van der Waals surface area contributed by atoms with Gasteiger partial charge in [-0.15, -0.1) is 0 Å². The molecule has 1 rings (SSSR count). The molecule has 18 heavy (non-hydrogen) atoms. The van der Waals surface area contributed by atoms with Gasteiger partial charge in [0.05, 0.1) is 0 Å². The number of hydrogen-bond acceptors (Lipinski definition) is 1. The van der Waals surface area contributed by atoms with E-state index in [-0.39, 0.29) is 0 Å². The van der Waals surface area contributed by atoms with E-state index in [0.717, 1.165) is 27.9 Å². The lowest BCUT2D eigenvalue weighted by atomic mass is 9.91. The zero-order valence-corrected chi connectivity index (χ0v) is 13.0. The van der Waals surface area contributed by atoms with Crippen LogP contribution >= 0.6 is 23.2 Å². The summed E-state index contributed by atoms with van der Waals surface area (Å²) in [7, 11) is 2.01. The largest absolute Gasteiger partial charge is 0.317 e. The van der Waals surface area contributed by atoms with E-state index in [1.807, 2.05) is 25.2 Å². The number of likely N-dealkylation sites (N-methyl/N-ethyl adjacent to an activating group) is 1. The maximum absolute atomic E-state index is 6.22. The van der Waals surface area contributed by atoms with Gasteiger partial charge in [0.15, 0.2) is 0 Å². The third-order valence-corrected chi connectivity index (χ3v) is 4.40. The van der Waals surface area contributed by atoms with Crippen LogP contribution in [0, 0.1) is 5.92 Å². The first kappa shape index (κ1) is 15.8. The lowest BCUT2D eigenvalue weighted by Gasteiger charge is -2.22. The summed E-state index contributed by atoms with van der Waals surface area (Å²) < 4.78 is 0. The van der Waals surface area contributed by atoms with E-state index in [1.165, 1.54) is 19.3 Å².